The van der Waals surface area contributed by atoms with Gasteiger partial charge in [-0.15, -0.1) is 0 Å². The third kappa shape index (κ3) is 2.40. The molecule has 0 fully saturated rings. The van der Waals surface area contributed by atoms with Gasteiger partial charge in [0.15, 0.2) is 0 Å². The molecule has 0 aliphatic heterocycles. The molecule has 0 atom stereocenters. The van der Waals surface area contributed by atoms with Crippen molar-refractivity contribution in [3.8, 4) is 11.3 Å². The summed E-state index contributed by atoms with van der Waals surface area (Å²) in [6.07, 6.45) is 1.81. The Morgan fingerprint density at radius 3 is 2.68 bits per heavy atom. The van der Waals surface area contributed by atoms with Crippen molar-refractivity contribution < 1.29 is 9.90 Å². The number of benzene rings is 1. The van der Waals surface area contributed by atoms with Crippen LogP contribution >= 0.6 is 0 Å². The summed E-state index contributed by atoms with van der Waals surface area (Å²) in [5.74, 6) is 0.394. The first-order chi connectivity index (χ1) is 10.6. The fourth-order valence-electron chi connectivity index (χ4n) is 2.39. The molecule has 0 spiro atoms. The molecular weight excluding hydrogens is 280 g/mol. The molecular formula is C16H16N4O2. The highest BCUT2D eigenvalue weighted by atomic mass is 16.3. The topological polar surface area (TPSA) is 92.6 Å². The number of imidazole rings is 1. The van der Waals surface area contributed by atoms with E-state index in [9.17, 15) is 9.90 Å². The Bertz CT molecular complexity index is 837. The van der Waals surface area contributed by atoms with E-state index in [0.29, 0.717) is 17.2 Å². The van der Waals surface area contributed by atoms with Crippen LogP contribution in [0.25, 0.3) is 16.9 Å². The zero-order valence-corrected chi connectivity index (χ0v) is 12.1. The van der Waals surface area contributed by atoms with Gasteiger partial charge in [0.2, 0.25) is 5.91 Å². The van der Waals surface area contributed by atoms with Gasteiger partial charge < -0.3 is 16.2 Å². The Kier molecular flexibility index (Phi) is 3.52. The van der Waals surface area contributed by atoms with Crippen LogP contribution in [0.5, 0.6) is 0 Å². The maximum atomic E-state index is 11.0. The SMILES string of the molecule is CC(=O)Nc1ccc(-c2nc3c(CO)cccn3c2N)cc1. The number of fused-ring (bicyclic) bond motifs is 1. The molecule has 0 aliphatic rings. The second-order valence-corrected chi connectivity index (χ2v) is 4.99. The Hall–Kier alpha value is -2.86. The smallest absolute Gasteiger partial charge is 0.221 e. The summed E-state index contributed by atoms with van der Waals surface area (Å²) in [4.78, 5) is 15.6. The molecule has 3 aromatic rings. The molecule has 3 rings (SSSR count). The van der Waals surface area contributed by atoms with E-state index in [-0.39, 0.29) is 12.5 Å². The average molecular weight is 296 g/mol. The van der Waals surface area contributed by atoms with Crippen LogP contribution < -0.4 is 11.1 Å². The van der Waals surface area contributed by atoms with E-state index in [0.717, 1.165) is 16.8 Å². The lowest BCUT2D eigenvalue weighted by atomic mass is 10.1. The maximum Gasteiger partial charge on any atom is 0.221 e. The van der Waals surface area contributed by atoms with Crippen molar-refractivity contribution in [2.45, 2.75) is 13.5 Å². The monoisotopic (exact) mass is 296 g/mol. The fraction of sp³-hybridized carbons (Fsp3) is 0.125. The Morgan fingerprint density at radius 1 is 1.32 bits per heavy atom. The lowest BCUT2D eigenvalue weighted by Crippen LogP contribution is -2.05. The molecule has 0 radical (unpaired) electrons. The predicted molar refractivity (Wildman–Crippen MR) is 85.3 cm³/mol. The van der Waals surface area contributed by atoms with E-state index < -0.39 is 0 Å². The highest BCUT2D eigenvalue weighted by Crippen LogP contribution is 2.28. The molecule has 6 nitrogen and oxygen atoms in total. The minimum Gasteiger partial charge on any atom is -0.392 e. The second-order valence-electron chi connectivity index (χ2n) is 4.99. The van der Waals surface area contributed by atoms with Gasteiger partial charge in [-0.25, -0.2) is 4.98 Å². The van der Waals surface area contributed by atoms with E-state index in [1.165, 1.54) is 6.92 Å². The first-order valence-corrected chi connectivity index (χ1v) is 6.84. The zero-order chi connectivity index (χ0) is 15.7. The number of nitrogens with one attached hydrogen (secondary N) is 1. The fourth-order valence-corrected chi connectivity index (χ4v) is 2.39. The zero-order valence-electron chi connectivity index (χ0n) is 12.1. The molecule has 1 aromatic carbocycles. The van der Waals surface area contributed by atoms with Crippen LogP contribution in [0.15, 0.2) is 42.6 Å². The Morgan fingerprint density at radius 2 is 2.05 bits per heavy atom. The van der Waals surface area contributed by atoms with Crippen LogP contribution in [0, 0.1) is 0 Å². The summed E-state index contributed by atoms with van der Waals surface area (Å²) >= 11 is 0. The van der Waals surface area contributed by atoms with Crippen LogP contribution in [-0.2, 0) is 11.4 Å². The number of nitrogens with zero attached hydrogens (tertiary/aromatic N) is 2. The van der Waals surface area contributed by atoms with Gasteiger partial charge in [-0.2, -0.15) is 0 Å². The van der Waals surface area contributed by atoms with Gasteiger partial charge in [-0.05, 0) is 18.2 Å². The molecule has 1 amide bonds. The Labute approximate surface area is 127 Å². The number of anilines is 2. The van der Waals surface area contributed by atoms with Crippen molar-refractivity contribution >= 4 is 23.1 Å². The van der Waals surface area contributed by atoms with Crippen LogP contribution in [0.3, 0.4) is 0 Å². The predicted octanol–water partition coefficient (Wildman–Crippen LogP) is 2.03. The number of aliphatic hydroxyl groups is 1. The normalized spacial score (nSPS) is 10.8. The van der Waals surface area contributed by atoms with Crippen molar-refractivity contribution in [2.75, 3.05) is 11.1 Å². The molecule has 22 heavy (non-hydrogen) atoms. The molecule has 0 saturated carbocycles. The summed E-state index contributed by atoms with van der Waals surface area (Å²) in [5, 5.41) is 12.1. The van der Waals surface area contributed by atoms with Crippen molar-refractivity contribution in [2.24, 2.45) is 0 Å². The van der Waals surface area contributed by atoms with E-state index >= 15 is 0 Å². The summed E-state index contributed by atoms with van der Waals surface area (Å²) in [7, 11) is 0. The van der Waals surface area contributed by atoms with Crippen LogP contribution in [-0.4, -0.2) is 20.4 Å². The number of nitrogen functional groups attached to an aromatic ring is 1. The minimum absolute atomic E-state index is 0.0955. The van der Waals surface area contributed by atoms with E-state index in [4.69, 9.17) is 5.73 Å². The van der Waals surface area contributed by atoms with E-state index in [2.05, 4.69) is 10.3 Å². The van der Waals surface area contributed by atoms with Crippen LogP contribution in [0.4, 0.5) is 11.5 Å². The van der Waals surface area contributed by atoms with Gasteiger partial charge in [-0.3, -0.25) is 9.20 Å². The number of amides is 1. The van der Waals surface area contributed by atoms with Crippen molar-refractivity contribution in [1.29, 1.82) is 0 Å². The molecule has 4 N–H and O–H groups in total. The number of hydrogen-bond acceptors (Lipinski definition) is 4. The van der Waals surface area contributed by atoms with Gasteiger partial charge >= 0.3 is 0 Å². The highest BCUT2D eigenvalue weighted by Gasteiger charge is 2.13. The van der Waals surface area contributed by atoms with Crippen LogP contribution in [0.1, 0.15) is 12.5 Å². The first kappa shape index (κ1) is 14.1. The molecule has 6 heteroatoms. The largest absolute Gasteiger partial charge is 0.392 e. The second kappa shape index (κ2) is 5.50. The van der Waals surface area contributed by atoms with Crippen LogP contribution in [0.2, 0.25) is 0 Å². The summed E-state index contributed by atoms with van der Waals surface area (Å²) < 4.78 is 1.75. The first-order valence-electron chi connectivity index (χ1n) is 6.84. The third-order valence-corrected chi connectivity index (χ3v) is 3.42. The maximum absolute atomic E-state index is 11.0. The van der Waals surface area contributed by atoms with Crippen molar-refractivity contribution in [3.63, 3.8) is 0 Å². The number of hydrogen-bond donors (Lipinski definition) is 3. The standard InChI is InChI=1S/C16H16N4O2/c1-10(22)18-13-6-4-11(5-7-13)14-15(17)20-8-2-3-12(9-21)16(20)19-14/h2-8,21H,9,17H2,1H3,(H,18,22). The number of nitrogens with two attached hydrogens (primary N) is 1. The molecule has 0 unspecified atom stereocenters. The van der Waals surface area contributed by atoms with Gasteiger partial charge in [0.05, 0.1) is 6.61 Å². The summed E-state index contributed by atoms with van der Waals surface area (Å²) in [6.45, 7) is 1.37. The lowest BCUT2D eigenvalue weighted by Gasteiger charge is -2.03. The van der Waals surface area contributed by atoms with Gasteiger partial charge in [0, 0.05) is 29.9 Å². The Balaban J connectivity index is 2.06. The van der Waals surface area contributed by atoms with Gasteiger partial charge in [0.1, 0.15) is 17.2 Å². The molecule has 2 aromatic heterocycles. The summed E-state index contributed by atoms with van der Waals surface area (Å²) in [5.41, 5.74) is 9.73. The van der Waals surface area contributed by atoms with E-state index in [1.807, 2.05) is 30.5 Å². The molecule has 112 valence electrons. The minimum atomic E-state index is -0.118. The highest BCUT2D eigenvalue weighted by molar-refractivity contribution is 5.89. The molecule has 0 aliphatic carbocycles. The number of carbonyl (C=O) groups excluding carboxylic acids is 1. The molecule has 0 saturated heterocycles. The van der Waals surface area contributed by atoms with Crippen molar-refractivity contribution in [3.05, 3.63) is 48.2 Å². The molecule has 2 heterocycles. The van der Waals surface area contributed by atoms with Gasteiger partial charge in [0.25, 0.3) is 0 Å². The quantitative estimate of drug-likeness (QED) is 0.689. The molecule has 0 bridgehead atoms. The van der Waals surface area contributed by atoms with E-state index in [1.54, 1.807) is 16.5 Å². The third-order valence-electron chi connectivity index (χ3n) is 3.42. The summed E-state index contributed by atoms with van der Waals surface area (Å²) in [6, 6.07) is 10.9. The number of rotatable bonds is 3. The van der Waals surface area contributed by atoms with Gasteiger partial charge in [-0.1, -0.05) is 18.2 Å². The number of aromatic nitrogens is 2. The number of aliphatic hydroxyl groups excluding tert-OH is 1. The average Bonchev–Trinajstić information content (AvgIpc) is 2.85. The van der Waals surface area contributed by atoms with Crippen molar-refractivity contribution in [1.82, 2.24) is 9.38 Å². The number of carbonyl (C=O) groups is 1. The lowest BCUT2D eigenvalue weighted by molar-refractivity contribution is -0.114. The number of pyridine rings is 1.